The molecule has 0 radical (unpaired) electrons. The number of benzene rings is 1. The first-order valence-electron chi connectivity index (χ1n) is 6.36. The lowest BCUT2D eigenvalue weighted by atomic mass is 9.85. The van der Waals surface area contributed by atoms with Crippen molar-refractivity contribution in [3.8, 4) is 5.75 Å². The van der Waals surface area contributed by atoms with Crippen LogP contribution < -0.4 is 4.74 Å². The molecule has 0 unspecified atom stereocenters. The van der Waals surface area contributed by atoms with E-state index < -0.39 is 0 Å². The summed E-state index contributed by atoms with van der Waals surface area (Å²) in [5.74, 6) is 1.90. The van der Waals surface area contributed by atoms with Gasteiger partial charge in [0.15, 0.2) is 0 Å². The summed E-state index contributed by atoms with van der Waals surface area (Å²) in [6.07, 6.45) is 2.06. The van der Waals surface area contributed by atoms with E-state index in [0.29, 0.717) is 0 Å². The van der Waals surface area contributed by atoms with Gasteiger partial charge in [0.2, 0.25) is 0 Å². The highest BCUT2D eigenvalue weighted by atomic mass is 32.1. The van der Waals surface area contributed by atoms with Gasteiger partial charge in [0, 0.05) is 0 Å². The fraction of sp³-hybridized carbons (Fsp3) is 0.600. The number of rotatable bonds is 5. The van der Waals surface area contributed by atoms with Crippen molar-refractivity contribution in [1.82, 2.24) is 0 Å². The van der Waals surface area contributed by atoms with E-state index >= 15 is 0 Å². The van der Waals surface area contributed by atoms with Gasteiger partial charge < -0.3 is 4.74 Å². The highest BCUT2D eigenvalue weighted by molar-refractivity contribution is 7.80. The first kappa shape index (κ1) is 14.4. The second-order valence-corrected chi connectivity index (χ2v) is 5.81. The summed E-state index contributed by atoms with van der Waals surface area (Å²) in [7, 11) is 0. The maximum absolute atomic E-state index is 5.85. The Balaban J connectivity index is 2.95. The lowest BCUT2D eigenvalue weighted by Gasteiger charge is -2.23. The van der Waals surface area contributed by atoms with E-state index in [1.54, 1.807) is 0 Å². The zero-order chi connectivity index (χ0) is 12.9. The normalized spacial score (nSPS) is 11.6. The average molecular weight is 252 g/mol. The summed E-state index contributed by atoms with van der Waals surface area (Å²) in [5.41, 5.74) is 2.80. The van der Waals surface area contributed by atoms with Crippen molar-refractivity contribution >= 4 is 12.6 Å². The molecule has 0 amide bonds. The summed E-state index contributed by atoms with van der Waals surface area (Å²) in [5, 5.41) is 0. The van der Waals surface area contributed by atoms with Gasteiger partial charge in [0.25, 0.3) is 0 Å². The number of thiol groups is 1. The molecule has 1 nitrogen and oxygen atoms in total. The van der Waals surface area contributed by atoms with Gasteiger partial charge in [-0.15, -0.1) is 0 Å². The van der Waals surface area contributed by atoms with Crippen molar-refractivity contribution in [2.75, 3.05) is 12.4 Å². The van der Waals surface area contributed by atoms with E-state index in [0.717, 1.165) is 31.0 Å². The van der Waals surface area contributed by atoms with Crippen LogP contribution in [0, 0.1) is 0 Å². The van der Waals surface area contributed by atoms with Gasteiger partial charge in [0.1, 0.15) is 5.75 Å². The predicted molar refractivity (Wildman–Crippen MR) is 78.5 cm³/mol. The molecule has 1 aromatic rings. The predicted octanol–water partition coefficient (Wildman–Crippen LogP) is 4.25. The van der Waals surface area contributed by atoms with Crippen LogP contribution >= 0.6 is 12.6 Å². The lowest BCUT2D eigenvalue weighted by molar-refractivity contribution is 0.310. The molecule has 0 aliphatic rings. The molecule has 96 valence electrons. The molecular formula is C15H24OS. The Morgan fingerprint density at radius 1 is 1.24 bits per heavy atom. The zero-order valence-corrected chi connectivity index (χ0v) is 12.3. The molecule has 0 spiro atoms. The molecule has 0 heterocycles. The molecule has 17 heavy (non-hydrogen) atoms. The third-order valence-corrected chi connectivity index (χ3v) is 3.14. The second-order valence-electron chi connectivity index (χ2n) is 5.36. The van der Waals surface area contributed by atoms with Crippen LogP contribution in [0.4, 0.5) is 0 Å². The third-order valence-electron chi connectivity index (χ3n) is 2.82. The fourth-order valence-corrected chi connectivity index (χ4v) is 1.88. The molecule has 0 saturated heterocycles. The molecule has 1 rings (SSSR count). The Bertz CT molecular complexity index is 352. The SMILES string of the molecule is CCc1ccc(OCCCS)c(C(C)(C)C)c1. The van der Waals surface area contributed by atoms with Crippen molar-refractivity contribution in [3.63, 3.8) is 0 Å². The monoisotopic (exact) mass is 252 g/mol. The van der Waals surface area contributed by atoms with Crippen LogP contribution in [0.15, 0.2) is 18.2 Å². The van der Waals surface area contributed by atoms with Gasteiger partial charge in [-0.1, -0.05) is 39.8 Å². The van der Waals surface area contributed by atoms with E-state index in [1.165, 1.54) is 11.1 Å². The minimum absolute atomic E-state index is 0.126. The fourth-order valence-electron chi connectivity index (χ4n) is 1.76. The molecule has 1 aromatic carbocycles. The van der Waals surface area contributed by atoms with Crippen LogP contribution in [0.5, 0.6) is 5.75 Å². The Hall–Kier alpha value is -0.630. The maximum Gasteiger partial charge on any atom is 0.123 e. The van der Waals surface area contributed by atoms with Crippen molar-refractivity contribution in [3.05, 3.63) is 29.3 Å². The molecule has 0 saturated carbocycles. The van der Waals surface area contributed by atoms with Gasteiger partial charge >= 0.3 is 0 Å². The van der Waals surface area contributed by atoms with Gasteiger partial charge in [-0.2, -0.15) is 12.6 Å². The van der Waals surface area contributed by atoms with E-state index in [4.69, 9.17) is 4.74 Å². The van der Waals surface area contributed by atoms with E-state index in [1.807, 2.05) is 0 Å². The molecule has 0 aliphatic heterocycles. The summed E-state index contributed by atoms with van der Waals surface area (Å²) in [4.78, 5) is 0. The van der Waals surface area contributed by atoms with Crippen LogP contribution in [-0.2, 0) is 11.8 Å². The van der Waals surface area contributed by atoms with Gasteiger partial charge in [-0.25, -0.2) is 0 Å². The summed E-state index contributed by atoms with van der Waals surface area (Å²) in [6, 6.07) is 6.54. The smallest absolute Gasteiger partial charge is 0.123 e. The Labute approximate surface area is 111 Å². The first-order chi connectivity index (χ1) is 7.99. The average Bonchev–Trinajstić information content (AvgIpc) is 2.28. The van der Waals surface area contributed by atoms with Crippen LogP contribution in [-0.4, -0.2) is 12.4 Å². The molecular weight excluding hydrogens is 228 g/mol. The summed E-state index contributed by atoms with van der Waals surface area (Å²) < 4.78 is 5.85. The van der Waals surface area contributed by atoms with Crippen molar-refractivity contribution < 1.29 is 4.74 Å². The van der Waals surface area contributed by atoms with Crippen molar-refractivity contribution in [2.45, 2.75) is 46.0 Å². The molecule has 0 fully saturated rings. The van der Waals surface area contributed by atoms with Gasteiger partial charge in [-0.3, -0.25) is 0 Å². The maximum atomic E-state index is 5.85. The Morgan fingerprint density at radius 3 is 2.47 bits per heavy atom. The molecule has 0 aliphatic carbocycles. The van der Waals surface area contributed by atoms with Gasteiger partial charge in [0.05, 0.1) is 6.61 Å². The standard InChI is InChI=1S/C15H24OS/c1-5-12-7-8-14(16-9-6-10-17)13(11-12)15(2,3)4/h7-8,11,17H,5-6,9-10H2,1-4H3. The number of aryl methyl sites for hydroxylation is 1. The minimum atomic E-state index is 0.126. The topological polar surface area (TPSA) is 9.23 Å². The van der Waals surface area contributed by atoms with E-state index in [-0.39, 0.29) is 5.41 Å². The zero-order valence-electron chi connectivity index (χ0n) is 11.4. The summed E-state index contributed by atoms with van der Waals surface area (Å²) >= 11 is 4.20. The highest BCUT2D eigenvalue weighted by Crippen LogP contribution is 2.32. The van der Waals surface area contributed by atoms with Gasteiger partial charge in [-0.05, 0) is 41.2 Å². The first-order valence-corrected chi connectivity index (χ1v) is 6.99. The van der Waals surface area contributed by atoms with Crippen molar-refractivity contribution in [1.29, 1.82) is 0 Å². The summed E-state index contributed by atoms with van der Waals surface area (Å²) in [6.45, 7) is 9.62. The second kappa shape index (κ2) is 6.34. The van der Waals surface area contributed by atoms with Crippen molar-refractivity contribution in [2.24, 2.45) is 0 Å². The molecule has 0 aromatic heterocycles. The quantitative estimate of drug-likeness (QED) is 0.609. The third kappa shape index (κ3) is 4.27. The molecule has 0 bridgehead atoms. The molecule has 0 atom stereocenters. The molecule has 2 heteroatoms. The number of hydrogen-bond donors (Lipinski definition) is 1. The lowest BCUT2D eigenvalue weighted by Crippen LogP contribution is -2.14. The Kier molecular flexibility index (Phi) is 5.38. The van der Waals surface area contributed by atoms with Crippen LogP contribution in [0.25, 0.3) is 0 Å². The number of ether oxygens (including phenoxy) is 1. The van der Waals surface area contributed by atoms with Crippen LogP contribution in [0.2, 0.25) is 0 Å². The largest absolute Gasteiger partial charge is 0.493 e. The molecule has 0 N–H and O–H groups in total. The highest BCUT2D eigenvalue weighted by Gasteiger charge is 2.19. The van der Waals surface area contributed by atoms with E-state index in [2.05, 4.69) is 58.5 Å². The van der Waals surface area contributed by atoms with Crippen LogP contribution in [0.1, 0.15) is 45.2 Å². The van der Waals surface area contributed by atoms with Crippen LogP contribution in [0.3, 0.4) is 0 Å². The number of hydrogen-bond acceptors (Lipinski definition) is 2. The van der Waals surface area contributed by atoms with E-state index in [9.17, 15) is 0 Å². The minimum Gasteiger partial charge on any atom is -0.493 e. The Morgan fingerprint density at radius 2 is 1.94 bits per heavy atom.